The molecule has 0 saturated heterocycles. The van der Waals surface area contributed by atoms with Gasteiger partial charge in [-0.1, -0.05) is 34.1 Å². The lowest BCUT2D eigenvalue weighted by molar-refractivity contribution is -0.668. The van der Waals surface area contributed by atoms with Crippen LogP contribution in [-0.4, -0.2) is 21.6 Å². The molecule has 26 heavy (non-hydrogen) atoms. The Morgan fingerprint density at radius 3 is 2.88 bits per heavy atom. The molecule has 1 aliphatic carbocycles. The van der Waals surface area contributed by atoms with Crippen LogP contribution in [0.5, 0.6) is 0 Å². The summed E-state index contributed by atoms with van der Waals surface area (Å²) >= 11 is 0. The fourth-order valence-electron chi connectivity index (χ4n) is 4.51. The van der Waals surface area contributed by atoms with Crippen LogP contribution in [0.1, 0.15) is 52.8 Å². The van der Waals surface area contributed by atoms with Crippen LogP contribution < -0.4 is 4.57 Å². The molecule has 1 saturated carbocycles. The van der Waals surface area contributed by atoms with Crippen LogP contribution in [0.25, 0.3) is 11.0 Å². The van der Waals surface area contributed by atoms with E-state index in [1.165, 1.54) is 6.42 Å². The number of aryl methyl sites for hydroxylation is 1. The van der Waals surface area contributed by atoms with Gasteiger partial charge in [-0.25, -0.2) is 13.9 Å². The van der Waals surface area contributed by atoms with Crippen molar-refractivity contribution in [3.63, 3.8) is 0 Å². The van der Waals surface area contributed by atoms with Crippen molar-refractivity contribution in [2.45, 2.75) is 66.0 Å². The second kappa shape index (κ2) is 7.77. The summed E-state index contributed by atoms with van der Waals surface area (Å²) in [5.41, 5.74) is 2.08. The molecule has 0 radical (unpaired) electrons. The van der Waals surface area contributed by atoms with Gasteiger partial charge in [-0.05, 0) is 30.6 Å². The average molecular weight is 359 g/mol. The zero-order valence-electron chi connectivity index (χ0n) is 16.7. The molecule has 0 bridgehead atoms. The largest absolute Gasteiger partial charge is 0.459 e. The number of rotatable bonds is 5. The zero-order valence-corrected chi connectivity index (χ0v) is 16.7. The Hall–Kier alpha value is -1.91. The van der Waals surface area contributed by atoms with Gasteiger partial charge >= 0.3 is 5.97 Å². The van der Waals surface area contributed by atoms with Crippen LogP contribution in [0.3, 0.4) is 0 Å². The first kappa shape index (κ1) is 18.9. The summed E-state index contributed by atoms with van der Waals surface area (Å²) in [5.74, 6) is 2.64. The lowest BCUT2D eigenvalue weighted by atomic mass is 9.75. The quantitative estimate of drug-likeness (QED) is 0.608. The van der Waals surface area contributed by atoms with Crippen LogP contribution in [0, 0.1) is 17.8 Å². The van der Waals surface area contributed by atoms with Gasteiger partial charge in [0.1, 0.15) is 6.10 Å². The third kappa shape index (κ3) is 3.62. The van der Waals surface area contributed by atoms with E-state index < -0.39 is 0 Å². The van der Waals surface area contributed by atoms with Gasteiger partial charge in [0, 0.05) is 18.7 Å². The van der Waals surface area contributed by atoms with Gasteiger partial charge < -0.3 is 4.74 Å². The highest BCUT2D eigenvalue weighted by Gasteiger charge is 2.34. The minimum atomic E-state index is -0.126. The lowest BCUT2D eigenvalue weighted by Crippen LogP contribution is -2.44. The highest BCUT2D eigenvalue weighted by molar-refractivity contribution is 5.73. The van der Waals surface area contributed by atoms with Gasteiger partial charge in [0.15, 0.2) is 17.6 Å². The first-order valence-electron chi connectivity index (χ1n) is 9.92. The Labute approximate surface area is 156 Å². The second-order valence-corrected chi connectivity index (χ2v) is 8.13. The van der Waals surface area contributed by atoms with E-state index in [9.17, 15) is 4.79 Å². The summed E-state index contributed by atoms with van der Waals surface area (Å²) in [6.45, 7) is 9.12. The fraction of sp³-hybridized carbons (Fsp3) is 0.667. The standard InChI is InChI=1S/C21H32N3O2/c1-6-20-23(5)18-12-22-10-9-17(18)24(20)13-21(25)26-19-11-15(4)7-8-16(19)14(2)3/h9-10,12,14-16,19H,6-8,11,13H2,1-5H3/q+1/t15-,16+,19-/m1/s1. The molecular weight excluding hydrogens is 326 g/mol. The van der Waals surface area contributed by atoms with E-state index >= 15 is 0 Å². The zero-order chi connectivity index (χ0) is 18.8. The van der Waals surface area contributed by atoms with Crippen molar-refractivity contribution in [1.29, 1.82) is 0 Å². The van der Waals surface area contributed by atoms with Crippen LogP contribution in [0.15, 0.2) is 18.5 Å². The molecule has 0 unspecified atom stereocenters. The monoisotopic (exact) mass is 358 g/mol. The molecule has 0 aliphatic heterocycles. The minimum Gasteiger partial charge on any atom is -0.459 e. The SMILES string of the molecule is CCc1n(C)c2cnccc2[n+]1CC(=O)O[C@@H]1C[C@H](C)CC[C@H]1C(C)C. The fourth-order valence-corrected chi connectivity index (χ4v) is 4.51. The number of fused-ring (bicyclic) bond motifs is 1. The summed E-state index contributed by atoms with van der Waals surface area (Å²) in [6.07, 6.45) is 7.92. The smallest absolute Gasteiger partial charge is 0.348 e. The minimum absolute atomic E-state index is 0.0496. The van der Waals surface area contributed by atoms with E-state index in [4.69, 9.17) is 4.74 Å². The summed E-state index contributed by atoms with van der Waals surface area (Å²) in [7, 11) is 2.03. The third-order valence-electron chi connectivity index (χ3n) is 5.98. The average Bonchev–Trinajstić information content (AvgIpc) is 2.86. The predicted molar refractivity (Wildman–Crippen MR) is 102 cm³/mol. The number of imidazole rings is 1. The molecule has 2 aromatic heterocycles. The van der Waals surface area contributed by atoms with Crippen molar-refractivity contribution in [3.05, 3.63) is 24.3 Å². The number of carbonyl (C=O) groups excluding carboxylic acids is 1. The Bertz CT molecular complexity index is 781. The molecule has 3 atom stereocenters. The molecular formula is C21H32N3O2+. The second-order valence-electron chi connectivity index (χ2n) is 8.13. The number of hydrogen-bond donors (Lipinski definition) is 0. The number of carbonyl (C=O) groups is 1. The van der Waals surface area contributed by atoms with Gasteiger partial charge in [-0.3, -0.25) is 4.98 Å². The van der Waals surface area contributed by atoms with Crippen molar-refractivity contribution in [2.24, 2.45) is 24.8 Å². The Balaban J connectivity index is 1.81. The van der Waals surface area contributed by atoms with E-state index in [0.717, 1.165) is 36.1 Å². The van der Waals surface area contributed by atoms with Gasteiger partial charge in [-0.15, -0.1) is 0 Å². The molecule has 3 rings (SSSR count). The highest BCUT2D eigenvalue weighted by Crippen LogP contribution is 2.35. The maximum atomic E-state index is 12.8. The maximum Gasteiger partial charge on any atom is 0.348 e. The summed E-state index contributed by atoms with van der Waals surface area (Å²) in [6, 6.07) is 1.97. The number of aromatic nitrogens is 3. The van der Waals surface area contributed by atoms with Crippen LogP contribution >= 0.6 is 0 Å². The molecule has 2 aromatic rings. The van der Waals surface area contributed by atoms with Crippen molar-refractivity contribution in [1.82, 2.24) is 9.55 Å². The topological polar surface area (TPSA) is 48.0 Å². The van der Waals surface area contributed by atoms with Crippen LogP contribution in [-0.2, 0) is 29.5 Å². The molecule has 0 amide bonds. The number of ether oxygens (including phenoxy) is 1. The lowest BCUT2D eigenvalue weighted by Gasteiger charge is -2.36. The Morgan fingerprint density at radius 2 is 2.19 bits per heavy atom. The molecule has 0 spiro atoms. The Morgan fingerprint density at radius 1 is 1.42 bits per heavy atom. The first-order valence-corrected chi connectivity index (χ1v) is 9.92. The summed E-state index contributed by atoms with van der Waals surface area (Å²) in [5, 5.41) is 0. The van der Waals surface area contributed by atoms with E-state index in [2.05, 4.69) is 41.8 Å². The van der Waals surface area contributed by atoms with E-state index in [1.807, 2.05) is 19.3 Å². The van der Waals surface area contributed by atoms with Gasteiger partial charge in [0.05, 0.1) is 13.2 Å². The predicted octanol–water partition coefficient (Wildman–Crippen LogP) is 3.43. The maximum absolute atomic E-state index is 12.8. The summed E-state index contributed by atoms with van der Waals surface area (Å²) in [4.78, 5) is 17.0. The number of nitrogens with zero attached hydrogens (tertiary/aromatic N) is 3. The van der Waals surface area contributed by atoms with Gasteiger partial charge in [0.25, 0.3) is 5.82 Å². The van der Waals surface area contributed by atoms with Crippen molar-refractivity contribution < 1.29 is 14.1 Å². The number of hydrogen-bond acceptors (Lipinski definition) is 3. The van der Waals surface area contributed by atoms with Crippen LogP contribution in [0.2, 0.25) is 0 Å². The molecule has 5 heteroatoms. The first-order chi connectivity index (χ1) is 12.4. The molecule has 0 aromatic carbocycles. The van der Waals surface area contributed by atoms with Crippen molar-refractivity contribution in [2.75, 3.05) is 0 Å². The molecule has 5 nitrogen and oxygen atoms in total. The number of pyridine rings is 1. The molecule has 142 valence electrons. The highest BCUT2D eigenvalue weighted by atomic mass is 16.5. The van der Waals surface area contributed by atoms with Gasteiger partial charge in [-0.2, -0.15) is 0 Å². The van der Waals surface area contributed by atoms with E-state index in [1.54, 1.807) is 6.20 Å². The van der Waals surface area contributed by atoms with Crippen molar-refractivity contribution in [3.8, 4) is 0 Å². The molecule has 1 aliphatic rings. The van der Waals surface area contributed by atoms with Gasteiger partial charge in [0.2, 0.25) is 0 Å². The van der Waals surface area contributed by atoms with E-state index in [-0.39, 0.29) is 18.6 Å². The Kier molecular flexibility index (Phi) is 5.64. The summed E-state index contributed by atoms with van der Waals surface area (Å²) < 4.78 is 10.2. The van der Waals surface area contributed by atoms with E-state index in [0.29, 0.717) is 17.8 Å². The van der Waals surface area contributed by atoms with Crippen LogP contribution in [0.4, 0.5) is 0 Å². The van der Waals surface area contributed by atoms with Crippen molar-refractivity contribution >= 4 is 17.0 Å². The molecule has 0 N–H and O–H groups in total. The molecule has 1 fully saturated rings. The number of esters is 1. The molecule has 2 heterocycles. The third-order valence-corrected chi connectivity index (χ3v) is 5.98. The normalized spacial score (nSPS) is 23.5.